The summed E-state index contributed by atoms with van der Waals surface area (Å²) < 4.78 is 82.6. The largest absolute Gasteiger partial charge is 0.456 e. The van der Waals surface area contributed by atoms with Crippen molar-refractivity contribution in [3.05, 3.63) is 53.0 Å². The Labute approximate surface area is 143 Å². The molecule has 0 bridgehead atoms. The third-order valence-corrected chi connectivity index (χ3v) is 3.31. The monoisotopic (exact) mass is 376 g/mol. The number of benzene rings is 1. The van der Waals surface area contributed by atoms with Crippen molar-refractivity contribution in [1.29, 1.82) is 5.26 Å². The summed E-state index contributed by atoms with van der Waals surface area (Å²) in [5, 5.41) is 8.77. The molecule has 0 atom stereocenters. The van der Waals surface area contributed by atoms with E-state index in [0.29, 0.717) is 17.3 Å². The maximum absolute atomic E-state index is 13.0. The highest BCUT2D eigenvalue weighted by molar-refractivity contribution is 5.70. The molecular weight excluding hydrogens is 366 g/mol. The summed E-state index contributed by atoms with van der Waals surface area (Å²) in [6, 6.07) is 6.12. The van der Waals surface area contributed by atoms with Gasteiger partial charge in [-0.2, -0.15) is 31.6 Å². The van der Waals surface area contributed by atoms with Crippen LogP contribution in [0.4, 0.5) is 32.0 Å². The summed E-state index contributed by atoms with van der Waals surface area (Å²) >= 11 is 0. The van der Waals surface area contributed by atoms with Crippen molar-refractivity contribution < 1.29 is 35.6 Å². The molecule has 0 fully saturated rings. The molecule has 26 heavy (non-hydrogen) atoms. The number of alkyl halides is 6. The van der Waals surface area contributed by atoms with E-state index in [1.54, 1.807) is 0 Å². The van der Waals surface area contributed by atoms with Crippen LogP contribution in [0, 0.1) is 11.3 Å². The molecule has 0 saturated carbocycles. The molecular formula is C16H10F6N2O2. The molecule has 0 unspecified atom stereocenters. The Morgan fingerprint density at radius 2 is 1.81 bits per heavy atom. The fourth-order valence-corrected chi connectivity index (χ4v) is 2.25. The van der Waals surface area contributed by atoms with Gasteiger partial charge in [0.2, 0.25) is 0 Å². The minimum absolute atomic E-state index is 0.0331. The predicted molar refractivity (Wildman–Crippen MR) is 77.4 cm³/mol. The molecule has 0 saturated heterocycles. The number of hydrogen-bond donors (Lipinski definition) is 0. The van der Waals surface area contributed by atoms with Crippen molar-refractivity contribution >= 4 is 12.0 Å². The Balaban J connectivity index is 2.44. The van der Waals surface area contributed by atoms with Crippen LogP contribution >= 0.6 is 0 Å². The Kier molecular flexibility index (Phi) is 5.30. The molecule has 0 aliphatic rings. The van der Waals surface area contributed by atoms with Crippen molar-refractivity contribution in [2.45, 2.75) is 18.9 Å². The summed E-state index contributed by atoms with van der Waals surface area (Å²) in [4.78, 5) is 11.2. The zero-order valence-electron chi connectivity index (χ0n) is 12.9. The molecule has 0 aliphatic carbocycles. The first-order valence-electron chi connectivity index (χ1n) is 7.00. The normalized spacial score (nSPS) is 11.9. The Bertz CT molecular complexity index is 832. The van der Waals surface area contributed by atoms with E-state index in [9.17, 15) is 31.1 Å². The van der Waals surface area contributed by atoms with Crippen LogP contribution < -0.4 is 4.90 Å². The van der Waals surface area contributed by atoms with Crippen LogP contribution in [0.15, 0.2) is 34.7 Å². The summed E-state index contributed by atoms with van der Waals surface area (Å²) in [5.41, 5.74) is -2.43. The smallest absolute Gasteiger partial charge is 0.417 e. The van der Waals surface area contributed by atoms with E-state index in [-0.39, 0.29) is 11.5 Å². The second-order valence-corrected chi connectivity index (χ2v) is 5.23. The van der Waals surface area contributed by atoms with Crippen LogP contribution in [0.25, 0.3) is 0 Å². The van der Waals surface area contributed by atoms with Crippen molar-refractivity contribution in [3.63, 3.8) is 0 Å². The maximum atomic E-state index is 13.0. The first kappa shape index (κ1) is 19.4. The number of carbonyl (C=O) groups is 1. The number of nitriles is 1. The zero-order valence-corrected chi connectivity index (χ0v) is 12.9. The molecule has 2 rings (SSSR count). The van der Waals surface area contributed by atoms with Crippen LogP contribution in [0.3, 0.4) is 0 Å². The molecule has 1 aromatic carbocycles. The van der Waals surface area contributed by atoms with E-state index in [4.69, 9.17) is 9.68 Å². The summed E-state index contributed by atoms with van der Waals surface area (Å²) in [6.07, 6.45) is -9.26. The van der Waals surface area contributed by atoms with Gasteiger partial charge in [-0.05, 0) is 30.3 Å². The molecule has 10 heteroatoms. The Hall–Kier alpha value is -2.96. The van der Waals surface area contributed by atoms with Crippen LogP contribution in [0.5, 0.6) is 0 Å². The average molecular weight is 376 g/mol. The molecule has 0 amide bonds. The number of furan rings is 1. The van der Waals surface area contributed by atoms with Crippen molar-refractivity contribution in [2.24, 2.45) is 0 Å². The van der Waals surface area contributed by atoms with Crippen molar-refractivity contribution in [3.8, 4) is 6.07 Å². The van der Waals surface area contributed by atoms with E-state index in [2.05, 4.69) is 0 Å². The molecule has 0 N–H and O–H groups in total. The third-order valence-electron chi connectivity index (χ3n) is 3.31. The van der Waals surface area contributed by atoms with Crippen LogP contribution in [0.1, 0.15) is 27.4 Å². The average Bonchev–Trinajstić information content (AvgIpc) is 2.99. The Morgan fingerprint density at radius 1 is 1.12 bits per heavy atom. The molecule has 0 spiro atoms. The third kappa shape index (κ3) is 4.78. The van der Waals surface area contributed by atoms with E-state index in [1.165, 1.54) is 18.2 Å². The van der Waals surface area contributed by atoms with E-state index in [1.807, 2.05) is 0 Å². The fraction of sp³-hybridized carbons (Fsp3) is 0.250. The van der Waals surface area contributed by atoms with Gasteiger partial charge < -0.3 is 9.32 Å². The lowest BCUT2D eigenvalue weighted by Gasteiger charge is -2.26. The molecule has 4 nitrogen and oxygen atoms in total. The molecule has 1 aromatic heterocycles. The highest BCUT2D eigenvalue weighted by atomic mass is 19.4. The SMILES string of the molecule is N#Cc1ccc(N(Cc2ccc(C=O)o2)CC(F)(F)F)cc1C(F)(F)F. The number of carbonyl (C=O) groups excluding carboxylic acids is 1. The first-order valence-corrected chi connectivity index (χ1v) is 7.00. The predicted octanol–water partition coefficient (Wildman–Crippen LogP) is 4.55. The number of hydrogen-bond acceptors (Lipinski definition) is 4. The molecule has 0 aliphatic heterocycles. The lowest BCUT2D eigenvalue weighted by Crippen LogP contribution is -2.34. The lowest BCUT2D eigenvalue weighted by atomic mass is 10.1. The standard InChI is InChI=1S/C16H10F6N2O2/c17-15(18,19)9-24(7-12-3-4-13(8-25)26-12)11-2-1-10(6-23)14(5-11)16(20,21)22/h1-5,8H,7,9H2. The number of anilines is 1. The van der Waals surface area contributed by atoms with Gasteiger partial charge >= 0.3 is 12.4 Å². The lowest BCUT2D eigenvalue weighted by molar-refractivity contribution is -0.137. The minimum atomic E-state index is -4.90. The van der Waals surface area contributed by atoms with Gasteiger partial charge in [-0.1, -0.05) is 0 Å². The quantitative estimate of drug-likeness (QED) is 0.567. The first-order chi connectivity index (χ1) is 12.0. The second kappa shape index (κ2) is 7.11. The minimum Gasteiger partial charge on any atom is -0.456 e. The van der Waals surface area contributed by atoms with Crippen molar-refractivity contribution in [2.75, 3.05) is 11.4 Å². The van der Waals surface area contributed by atoms with Gasteiger partial charge in [-0.15, -0.1) is 0 Å². The molecule has 2 aromatic rings. The summed E-state index contributed by atoms with van der Waals surface area (Å²) in [7, 11) is 0. The van der Waals surface area contributed by atoms with Gasteiger partial charge in [-0.25, -0.2) is 0 Å². The fourth-order valence-electron chi connectivity index (χ4n) is 2.25. The number of aldehydes is 1. The number of nitrogens with zero attached hydrogens (tertiary/aromatic N) is 2. The number of halogens is 6. The van der Waals surface area contributed by atoms with Crippen LogP contribution in [-0.4, -0.2) is 19.0 Å². The molecule has 138 valence electrons. The summed E-state index contributed by atoms with van der Waals surface area (Å²) in [5.74, 6) is -0.156. The van der Waals surface area contributed by atoms with E-state index >= 15 is 0 Å². The van der Waals surface area contributed by atoms with Gasteiger partial charge in [0.05, 0.1) is 23.7 Å². The number of rotatable bonds is 5. The topological polar surface area (TPSA) is 57.2 Å². The van der Waals surface area contributed by atoms with Crippen molar-refractivity contribution in [1.82, 2.24) is 0 Å². The Morgan fingerprint density at radius 3 is 2.31 bits per heavy atom. The zero-order chi connectivity index (χ0) is 19.5. The maximum Gasteiger partial charge on any atom is 0.417 e. The van der Waals surface area contributed by atoms with Gasteiger partial charge in [0.15, 0.2) is 12.0 Å². The highest BCUT2D eigenvalue weighted by Crippen LogP contribution is 2.35. The van der Waals surface area contributed by atoms with Gasteiger partial charge in [0, 0.05) is 5.69 Å². The van der Waals surface area contributed by atoms with Crippen LogP contribution in [-0.2, 0) is 12.7 Å². The molecule has 0 radical (unpaired) electrons. The van der Waals surface area contributed by atoms with E-state index in [0.717, 1.165) is 12.1 Å². The van der Waals surface area contributed by atoms with Gasteiger partial charge in [0.25, 0.3) is 0 Å². The summed E-state index contributed by atoms with van der Waals surface area (Å²) in [6.45, 7) is -2.07. The highest BCUT2D eigenvalue weighted by Gasteiger charge is 2.36. The van der Waals surface area contributed by atoms with E-state index < -0.39 is 42.3 Å². The molecule has 1 heterocycles. The van der Waals surface area contributed by atoms with Gasteiger partial charge in [-0.3, -0.25) is 4.79 Å². The van der Waals surface area contributed by atoms with Gasteiger partial charge in [0.1, 0.15) is 12.3 Å². The van der Waals surface area contributed by atoms with Crippen LogP contribution in [0.2, 0.25) is 0 Å². The second-order valence-electron chi connectivity index (χ2n) is 5.23.